The average Bonchev–Trinajstić information content (AvgIpc) is 2.27. The second-order valence-corrected chi connectivity index (χ2v) is 3.46. The second-order valence-electron chi connectivity index (χ2n) is 3.46. The van der Waals surface area contributed by atoms with Gasteiger partial charge in [-0.1, -0.05) is 6.42 Å². The molecule has 1 heterocycles. The molecule has 0 atom stereocenters. The van der Waals surface area contributed by atoms with Crippen molar-refractivity contribution in [1.29, 1.82) is 0 Å². The molecule has 13 heavy (non-hydrogen) atoms. The highest BCUT2D eigenvalue weighted by Gasteiger charge is 2.30. The molecule has 0 saturated heterocycles. The standard InChI is InChI=1S/C8H11N3O2/c1-10-5-7(11(12)13)8(9-10)6-3-2-4-6/h5-6H,2-4H2,1H3. The third-order valence-corrected chi connectivity index (χ3v) is 2.53. The molecule has 0 aliphatic heterocycles. The number of aryl methyl sites for hydroxylation is 1. The molecule has 70 valence electrons. The van der Waals surface area contributed by atoms with Crippen molar-refractivity contribution in [3.63, 3.8) is 0 Å². The number of hydrogen-bond acceptors (Lipinski definition) is 3. The summed E-state index contributed by atoms with van der Waals surface area (Å²) in [7, 11) is 1.72. The molecule has 0 amide bonds. The Hall–Kier alpha value is -1.39. The van der Waals surface area contributed by atoms with Crippen LogP contribution in [0, 0.1) is 10.1 Å². The van der Waals surface area contributed by atoms with E-state index in [-0.39, 0.29) is 10.6 Å². The lowest BCUT2D eigenvalue weighted by molar-refractivity contribution is -0.385. The Balaban J connectivity index is 2.36. The van der Waals surface area contributed by atoms with Gasteiger partial charge in [0.25, 0.3) is 0 Å². The van der Waals surface area contributed by atoms with Gasteiger partial charge in [-0.3, -0.25) is 14.8 Å². The van der Waals surface area contributed by atoms with E-state index in [9.17, 15) is 10.1 Å². The summed E-state index contributed by atoms with van der Waals surface area (Å²) in [4.78, 5) is 10.3. The smallest absolute Gasteiger partial charge is 0.268 e. The third kappa shape index (κ3) is 1.30. The van der Waals surface area contributed by atoms with E-state index >= 15 is 0 Å². The van der Waals surface area contributed by atoms with Gasteiger partial charge in [0.2, 0.25) is 0 Å². The van der Waals surface area contributed by atoms with Gasteiger partial charge in [-0.15, -0.1) is 0 Å². The lowest BCUT2D eigenvalue weighted by Crippen LogP contribution is -2.11. The molecule has 1 aromatic rings. The normalized spacial score (nSPS) is 17.0. The molecule has 0 N–H and O–H groups in total. The summed E-state index contributed by atoms with van der Waals surface area (Å²) >= 11 is 0. The average molecular weight is 181 g/mol. The van der Waals surface area contributed by atoms with E-state index in [0.29, 0.717) is 11.6 Å². The summed E-state index contributed by atoms with van der Waals surface area (Å²) in [6.07, 6.45) is 4.72. The minimum atomic E-state index is -0.347. The zero-order valence-electron chi connectivity index (χ0n) is 7.43. The Kier molecular flexibility index (Phi) is 1.79. The van der Waals surface area contributed by atoms with E-state index in [1.54, 1.807) is 7.05 Å². The third-order valence-electron chi connectivity index (χ3n) is 2.53. The maximum Gasteiger partial charge on any atom is 0.310 e. The van der Waals surface area contributed by atoms with Crippen LogP contribution in [0.4, 0.5) is 5.69 Å². The van der Waals surface area contributed by atoms with Crippen LogP contribution >= 0.6 is 0 Å². The number of nitro groups is 1. The van der Waals surface area contributed by atoms with Crippen molar-refractivity contribution in [2.24, 2.45) is 7.05 Å². The Bertz CT molecular complexity index is 341. The second kappa shape index (κ2) is 2.83. The number of rotatable bonds is 2. The van der Waals surface area contributed by atoms with Crippen molar-refractivity contribution in [3.8, 4) is 0 Å². The molecule has 1 aliphatic rings. The Morgan fingerprint density at radius 1 is 1.69 bits per heavy atom. The van der Waals surface area contributed by atoms with Crippen LogP contribution in [0.3, 0.4) is 0 Å². The van der Waals surface area contributed by atoms with E-state index in [2.05, 4.69) is 5.10 Å². The zero-order chi connectivity index (χ0) is 9.42. The van der Waals surface area contributed by atoms with Crippen molar-refractivity contribution in [2.75, 3.05) is 0 Å². The zero-order valence-corrected chi connectivity index (χ0v) is 7.43. The van der Waals surface area contributed by atoms with Crippen LogP contribution in [0.15, 0.2) is 6.20 Å². The number of nitrogens with zero attached hydrogens (tertiary/aromatic N) is 3. The molecule has 1 fully saturated rings. The van der Waals surface area contributed by atoms with E-state index < -0.39 is 0 Å². The van der Waals surface area contributed by atoms with Gasteiger partial charge in [0.1, 0.15) is 11.9 Å². The Labute approximate surface area is 75.5 Å². The maximum absolute atomic E-state index is 10.6. The lowest BCUT2D eigenvalue weighted by Gasteiger charge is -2.22. The highest BCUT2D eigenvalue weighted by Crippen LogP contribution is 2.39. The predicted octanol–water partition coefficient (Wildman–Crippen LogP) is 1.60. The monoisotopic (exact) mass is 181 g/mol. The molecule has 0 unspecified atom stereocenters. The maximum atomic E-state index is 10.6. The largest absolute Gasteiger partial charge is 0.310 e. The quantitative estimate of drug-likeness (QED) is 0.514. The molecule has 2 rings (SSSR count). The van der Waals surface area contributed by atoms with Crippen LogP contribution in [0.1, 0.15) is 30.9 Å². The SMILES string of the molecule is Cn1cc([N+](=O)[O-])c(C2CCC2)n1. The fourth-order valence-electron chi connectivity index (χ4n) is 1.61. The van der Waals surface area contributed by atoms with Crippen molar-refractivity contribution < 1.29 is 4.92 Å². The van der Waals surface area contributed by atoms with Crippen LogP contribution in [-0.2, 0) is 7.05 Å². The summed E-state index contributed by atoms with van der Waals surface area (Å²) < 4.78 is 1.52. The molecule has 1 aliphatic carbocycles. The molecule has 0 radical (unpaired) electrons. The topological polar surface area (TPSA) is 61.0 Å². The molecule has 1 saturated carbocycles. The summed E-state index contributed by atoms with van der Waals surface area (Å²) in [5, 5.41) is 14.8. The first-order chi connectivity index (χ1) is 6.18. The minimum Gasteiger partial charge on any atom is -0.268 e. The Morgan fingerprint density at radius 2 is 2.38 bits per heavy atom. The highest BCUT2D eigenvalue weighted by molar-refractivity contribution is 5.36. The highest BCUT2D eigenvalue weighted by atomic mass is 16.6. The molecule has 1 aromatic heterocycles. The van der Waals surface area contributed by atoms with E-state index in [1.807, 2.05) is 0 Å². The van der Waals surface area contributed by atoms with Gasteiger partial charge in [-0.25, -0.2) is 0 Å². The molecule has 0 aromatic carbocycles. The fourth-order valence-corrected chi connectivity index (χ4v) is 1.61. The van der Waals surface area contributed by atoms with Crippen LogP contribution in [0.2, 0.25) is 0 Å². The molecule has 5 nitrogen and oxygen atoms in total. The minimum absolute atomic E-state index is 0.173. The van der Waals surface area contributed by atoms with Crippen LogP contribution in [0.25, 0.3) is 0 Å². The number of hydrogen-bond donors (Lipinski definition) is 0. The first-order valence-corrected chi connectivity index (χ1v) is 4.36. The summed E-state index contributed by atoms with van der Waals surface area (Å²) in [6.45, 7) is 0. The Morgan fingerprint density at radius 3 is 2.85 bits per heavy atom. The van der Waals surface area contributed by atoms with E-state index in [0.717, 1.165) is 12.8 Å². The van der Waals surface area contributed by atoms with Crippen LogP contribution in [-0.4, -0.2) is 14.7 Å². The van der Waals surface area contributed by atoms with Crippen LogP contribution in [0.5, 0.6) is 0 Å². The van der Waals surface area contributed by atoms with Crippen molar-refractivity contribution in [1.82, 2.24) is 9.78 Å². The van der Waals surface area contributed by atoms with Gasteiger partial charge in [0, 0.05) is 13.0 Å². The van der Waals surface area contributed by atoms with Gasteiger partial charge >= 0.3 is 5.69 Å². The molecular formula is C8H11N3O2. The number of aromatic nitrogens is 2. The lowest BCUT2D eigenvalue weighted by atomic mass is 9.82. The fraction of sp³-hybridized carbons (Fsp3) is 0.625. The van der Waals surface area contributed by atoms with Gasteiger partial charge in [0.05, 0.1) is 4.92 Å². The van der Waals surface area contributed by atoms with Crippen molar-refractivity contribution in [3.05, 3.63) is 22.0 Å². The van der Waals surface area contributed by atoms with Gasteiger partial charge in [-0.2, -0.15) is 5.10 Å². The van der Waals surface area contributed by atoms with Crippen LogP contribution < -0.4 is 0 Å². The molecular weight excluding hydrogens is 170 g/mol. The summed E-state index contributed by atoms with van der Waals surface area (Å²) in [5.41, 5.74) is 0.839. The predicted molar refractivity (Wildman–Crippen MR) is 46.5 cm³/mol. The van der Waals surface area contributed by atoms with Gasteiger partial charge < -0.3 is 0 Å². The van der Waals surface area contributed by atoms with E-state index in [1.165, 1.54) is 17.3 Å². The summed E-state index contributed by atoms with van der Waals surface area (Å²) in [5.74, 6) is 0.321. The first kappa shape index (κ1) is 8.22. The van der Waals surface area contributed by atoms with Crippen molar-refractivity contribution >= 4 is 5.69 Å². The first-order valence-electron chi connectivity index (χ1n) is 4.36. The summed E-state index contributed by atoms with van der Waals surface area (Å²) in [6, 6.07) is 0. The van der Waals surface area contributed by atoms with Gasteiger partial charge in [0.15, 0.2) is 0 Å². The van der Waals surface area contributed by atoms with E-state index in [4.69, 9.17) is 0 Å². The molecule has 0 bridgehead atoms. The molecule has 5 heteroatoms. The van der Waals surface area contributed by atoms with Gasteiger partial charge in [-0.05, 0) is 12.8 Å². The van der Waals surface area contributed by atoms with Crippen molar-refractivity contribution in [2.45, 2.75) is 25.2 Å². The molecule has 0 spiro atoms.